The Balaban J connectivity index is 1.70. The minimum atomic E-state index is 0.600. The number of nitrogens with zero attached hydrogens (tertiary/aromatic N) is 8. The van der Waals surface area contributed by atoms with Gasteiger partial charge in [-0.15, -0.1) is 0 Å². The summed E-state index contributed by atoms with van der Waals surface area (Å²) in [7, 11) is 3.80. The molecule has 0 unspecified atom stereocenters. The van der Waals surface area contributed by atoms with Crippen molar-refractivity contribution in [1.29, 1.82) is 0 Å². The van der Waals surface area contributed by atoms with Crippen LogP contribution in [0, 0.1) is 9.54 Å². The predicted octanol–water partition coefficient (Wildman–Crippen LogP) is 0.465. The Labute approximate surface area is 157 Å². The standard InChI is InChI=1S/C14H24N8OS2/c1-17-9-15-21(13(17)24)11-20(4-3-19-5-7-23-8-6-19)12-22-14(25)18(2)10-16-22/h9-10H,3-8,11-12H2,1-2H3. The zero-order valence-electron chi connectivity index (χ0n) is 14.6. The van der Waals surface area contributed by atoms with Crippen molar-refractivity contribution in [2.75, 3.05) is 39.4 Å². The van der Waals surface area contributed by atoms with Gasteiger partial charge in [-0.25, -0.2) is 9.36 Å². The molecule has 1 aliphatic heterocycles. The SMILES string of the molecule is Cn1cnn(CN(CCN2CCOCC2)Cn2ncn(C)c2=S)c1=S. The fourth-order valence-electron chi connectivity index (χ4n) is 2.71. The Morgan fingerprint density at radius 3 is 1.96 bits per heavy atom. The summed E-state index contributed by atoms with van der Waals surface area (Å²) in [6.45, 7) is 6.58. The molecular formula is C14H24N8OS2. The quantitative estimate of drug-likeness (QED) is 0.643. The number of rotatable bonds is 7. The van der Waals surface area contributed by atoms with Crippen molar-refractivity contribution < 1.29 is 4.74 Å². The van der Waals surface area contributed by atoms with E-state index in [9.17, 15) is 0 Å². The first-order valence-corrected chi connectivity index (χ1v) is 9.05. The third-order valence-electron chi connectivity index (χ3n) is 4.28. The van der Waals surface area contributed by atoms with Crippen molar-refractivity contribution in [3.63, 3.8) is 0 Å². The van der Waals surface area contributed by atoms with E-state index in [1.54, 1.807) is 12.7 Å². The Bertz CT molecular complexity index is 744. The second kappa shape index (κ2) is 8.32. The van der Waals surface area contributed by atoms with Gasteiger partial charge in [-0.3, -0.25) is 9.80 Å². The maximum absolute atomic E-state index is 5.42. The van der Waals surface area contributed by atoms with E-state index in [2.05, 4.69) is 20.0 Å². The molecule has 0 aliphatic carbocycles. The Morgan fingerprint density at radius 1 is 1.00 bits per heavy atom. The van der Waals surface area contributed by atoms with E-state index in [-0.39, 0.29) is 0 Å². The van der Waals surface area contributed by atoms with Crippen molar-refractivity contribution >= 4 is 24.4 Å². The zero-order valence-corrected chi connectivity index (χ0v) is 16.2. The lowest BCUT2D eigenvalue weighted by atomic mass is 10.4. The van der Waals surface area contributed by atoms with Crippen molar-refractivity contribution in [2.24, 2.45) is 14.1 Å². The number of morpholine rings is 1. The molecule has 2 aromatic heterocycles. The van der Waals surface area contributed by atoms with Crippen LogP contribution in [0.2, 0.25) is 0 Å². The molecule has 1 fully saturated rings. The van der Waals surface area contributed by atoms with Gasteiger partial charge in [0, 0.05) is 40.3 Å². The van der Waals surface area contributed by atoms with Crippen LogP contribution in [0.3, 0.4) is 0 Å². The minimum absolute atomic E-state index is 0.600. The molecule has 1 aliphatic rings. The second-order valence-corrected chi connectivity index (χ2v) is 6.91. The first kappa shape index (κ1) is 18.4. The molecule has 0 bridgehead atoms. The van der Waals surface area contributed by atoms with Gasteiger partial charge in [0.15, 0.2) is 9.54 Å². The summed E-state index contributed by atoms with van der Waals surface area (Å²) >= 11 is 10.8. The van der Waals surface area contributed by atoms with Crippen LogP contribution in [0.4, 0.5) is 0 Å². The molecule has 3 rings (SSSR count). The normalized spacial score (nSPS) is 16.0. The molecule has 0 aromatic carbocycles. The smallest absolute Gasteiger partial charge is 0.198 e. The average molecular weight is 385 g/mol. The highest BCUT2D eigenvalue weighted by Gasteiger charge is 2.15. The molecule has 3 heterocycles. The van der Waals surface area contributed by atoms with Gasteiger partial charge in [0.2, 0.25) is 0 Å². The van der Waals surface area contributed by atoms with Crippen molar-refractivity contribution in [1.82, 2.24) is 38.5 Å². The van der Waals surface area contributed by atoms with Gasteiger partial charge in [-0.05, 0) is 24.4 Å². The van der Waals surface area contributed by atoms with Crippen molar-refractivity contribution in [3.8, 4) is 0 Å². The second-order valence-electron chi connectivity index (χ2n) is 6.18. The number of ether oxygens (including phenoxy) is 1. The fraction of sp³-hybridized carbons (Fsp3) is 0.714. The van der Waals surface area contributed by atoms with Gasteiger partial charge in [-0.2, -0.15) is 10.2 Å². The zero-order chi connectivity index (χ0) is 17.8. The molecule has 9 nitrogen and oxygen atoms in total. The Kier molecular flexibility index (Phi) is 6.12. The summed E-state index contributed by atoms with van der Waals surface area (Å²) in [6, 6.07) is 0. The summed E-state index contributed by atoms with van der Waals surface area (Å²) in [5.41, 5.74) is 0. The van der Waals surface area contributed by atoms with Gasteiger partial charge >= 0.3 is 0 Å². The minimum Gasteiger partial charge on any atom is -0.379 e. The maximum Gasteiger partial charge on any atom is 0.198 e. The molecular weight excluding hydrogens is 360 g/mol. The molecule has 11 heteroatoms. The highest BCUT2D eigenvalue weighted by atomic mass is 32.1. The highest BCUT2D eigenvalue weighted by Crippen LogP contribution is 2.03. The first-order valence-electron chi connectivity index (χ1n) is 8.24. The third kappa shape index (κ3) is 4.61. The molecule has 0 N–H and O–H groups in total. The molecule has 25 heavy (non-hydrogen) atoms. The number of hydrogen-bond donors (Lipinski definition) is 0. The molecule has 138 valence electrons. The third-order valence-corrected chi connectivity index (χ3v) is 5.28. The topological polar surface area (TPSA) is 61.2 Å². The largest absolute Gasteiger partial charge is 0.379 e. The monoisotopic (exact) mass is 384 g/mol. The van der Waals surface area contributed by atoms with Gasteiger partial charge in [-0.1, -0.05) is 0 Å². The first-order chi connectivity index (χ1) is 12.0. The summed E-state index contributed by atoms with van der Waals surface area (Å²) in [4.78, 5) is 4.66. The van der Waals surface area contributed by atoms with E-state index in [1.807, 2.05) is 32.6 Å². The molecule has 2 aromatic rings. The molecule has 0 atom stereocenters. The van der Waals surface area contributed by atoms with Crippen molar-refractivity contribution in [2.45, 2.75) is 13.3 Å². The van der Waals surface area contributed by atoms with Crippen LogP contribution in [0.15, 0.2) is 12.7 Å². The molecule has 1 saturated heterocycles. The van der Waals surface area contributed by atoms with Gasteiger partial charge in [0.05, 0.1) is 26.6 Å². The van der Waals surface area contributed by atoms with E-state index in [1.165, 1.54) is 0 Å². The highest BCUT2D eigenvalue weighted by molar-refractivity contribution is 7.71. The van der Waals surface area contributed by atoms with Crippen molar-refractivity contribution in [3.05, 3.63) is 22.2 Å². The predicted molar refractivity (Wildman–Crippen MR) is 98.0 cm³/mol. The summed E-state index contributed by atoms with van der Waals surface area (Å²) in [6.07, 6.45) is 3.46. The number of aryl methyl sites for hydroxylation is 2. The van der Waals surface area contributed by atoms with Gasteiger partial charge in [0.1, 0.15) is 12.7 Å². The summed E-state index contributed by atoms with van der Waals surface area (Å²) in [5, 5.41) is 8.72. The Hall–Kier alpha value is -1.40. The van der Waals surface area contributed by atoms with E-state index in [0.29, 0.717) is 22.9 Å². The van der Waals surface area contributed by atoms with E-state index in [0.717, 1.165) is 39.4 Å². The molecule has 0 spiro atoms. The molecule has 0 amide bonds. The lowest BCUT2D eigenvalue weighted by Gasteiger charge is -2.29. The summed E-state index contributed by atoms with van der Waals surface area (Å²) < 4.78 is 14.1. The number of aromatic nitrogens is 6. The van der Waals surface area contributed by atoms with Crippen LogP contribution < -0.4 is 0 Å². The van der Waals surface area contributed by atoms with Gasteiger partial charge < -0.3 is 13.9 Å². The van der Waals surface area contributed by atoms with Crippen LogP contribution in [0.25, 0.3) is 0 Å². The Morgan fingerprint density at radius 2 is 1.52 bits per heavy atom. The van der Waals surface area contributed by atoms with E-state index < -0.39 is 0 Å². The fourth-order valence-corrected chi connectivity index (χ4v) is 3.01. The van der Waals surface area contributed by atoms with Crippen LogP contribution in [0.1, 0.15) is 0 Å². The van der Waals surface area contributed by atoms with Crippen LogP contribution in [-0.4, -0.2) is 77.9 Å². The van der Waals surface area contributed by atoms with Gasteiger partial charge in [0.25, 0.3) is 0 Å². The maximum atomic E-state index is 5.42. The lowest BCUT2D eigenvalue weighted by molar-refractivity contribution is 0.0280. The van der Waals surface area contributed by atoms with E-state index in [4.69, 9.17) is 29.2 Å². The number of hydrogen-bond acceptors (Lipinski definition) is 7. The van der Waals surface area contributed by atoms with E-state index >= 15 is 0 Å². The van der Waals surface area contributed by atoms with Crippen LogP contribution in [0.5, 0.6) is 0 Å². The molecule has 0 radical (unpaired) electrons. The van der Waals surface area contributed by atoms with Crippen LogP contribution in [-0.2, 0) is 32.2 Å². The summed E-state index contributed by atoms with van der Waals surface area (Å²) in [5.74, 6) is 0. The average Bonchev–Trinajstić information content (AvgIpc) is 3.11. The lowest BCUT2D eigenvalue weighted by Crippen LogP contribution is -2.42. The molecule has 0 saturated carbocycles. The van der Waals surface area contributed by atoms with Crippen LogP contribution >= 0.6 is 24.4 Å².